The van der Waals surface area contributed by atoms with E-state index in [2.05, 4.69) is 37.5 Å². The van der Waals surface area contributed by atoms with Gasteiger partial charge in [0, 0.05) is 13.3 Å². The van der Waals surface area contributed by atoms with E-state index in [1.165, 1.54) is 57.8 Å². The number of quaternary nitrogens is 1. The van der Waals surface area contributed by atoms with Crippen LogP contribution >= 0.6 is 0 Å². The van der Waals surface area contributed by atoms with Crippen LogP contribution in [0.25, 0.3) is 0 Å². The van der Waals surface area contributed by atoms with Gasteiger partial charge in [0.1, 0.15) is 6.20 Å². The Kier molecular flexibility index (Phi) is 10.3. The molecule has 3 unspecified atom stereocenters. The Morgan fingerprint density at radius 3 is 2.30 bits per heavy atom. The number of hydrogen-bond acceptors (Lipinski definition) is 2. The van der Waals surface area contributed by atoms with E-state index in [1.807, 2.05) is 13.1 Å². The van der Waals surface area contributed by atoms with Crippen molar-refractivity contribution in [1.29, 1.82) is 0 Å². The maximum absolute atomic E-state index is 10.1. The molecule has 0 aromatic rings. The highest BCUT2D eigenvalue weighted by molar-refractivity contribution is 4.85. The molecule has 1 heterocycles. The molecule has 0 aromatic heterocycles. The summed E-state index contributed by atoms with van der Waals surface area (Å²) in [5.74, 6) is 0. The predicted molar refractivity (Wildman–Crippen MR) is 99.5 cm³/mol. The lowest BCUT2D eigenvalue weighted by atomic mass is 10.1. The minimum absolute atomic E-state index is 0.339. The summed E-state index contributed by atoms with van der Waals surface area (Å²) in [6.07, 6.45) is 21.7. The smallest absolute Gasteiger partial charge is 0.193 e. The summed E-state index contributed by atoms with van der Waals surface area (Å²) in [7, 11) is 0. The molecule has 134 valence electrons. The standard InChI is InChI=1S/C20H39N2O/c1-4-6-7-8-9-10-11-12-13-14-15-16-20-21-17-18-22(20,5-2)19(3)23/h9-10,17-21,23H,4-8,11-16H2,1-3H3/q+1/b10-9+. The van der Waals surface area contributed by atoms with Gasteiger partial charge in [-0.15, -0.1) is 0 Å². The van der Waals surface area contributed by atoms with Crippen molar-refractivity contribution in [2.45, 2.75) is 97.4 Å². The van der Waals surface area contributed by atoms with Crippen LogP contribution in [0.4, 0.5) is 0 Å². The van der Waals surface area contributed by atoms with E-state index < -0.39 is 0 Å². The maximum atomic E-state index is 10.1. The molecular weight excluding hydrogens is 284 g/mol. The molecule has 0 spiro atoms. The molecule has 0 aromatic carbocycles. The third-order valence-electron chi connectivity index (χ3n) is 5.20. The van der Waals surface area contributed by atoms with Gasteiger partial charge in [0.25, 0.3) is 0 Å². The Morgan fingerprint density at radius 2 is 1.70 bits per heavy atom. The van der Waals surface area contributed by atoms with Crippen LogP contribution in [0, 0.1) is 0 Å². The predicted octanol–water partition coefficient (Wildman–Crippen LogP) is 5.04. The molecular formula is C20H39N2O+. The lowest BCUT2D eigenvalue weighted by Gasteiger charge is -2.39. The first kappa shape index (κ1) is 20.2. The zero-order valence-electron chi connectivity index (χ0n) is 15.6. The number of hydrogen-bond donors (Lipinski definition) is 2. The van der Waals surface area contributed by atoms with Gasteiger partial charge in [-0.25, -0.2) is 0 Å². The second-order valence-corrected chi connectivity index (χ2v) is 6.90. The van der Waals surface area contributed by atoms with Gasteiger partial charge in [-0.05, 0) is 39.0 Å². The van der Waals surface area contributed by atoms with Crippen LogP contribution < -0.4 is 5.32 Å². The fourth-order valence-corrected chi connectivity index (χ4v) is 3.54. The summed E-state index contributed by atoms with van der Waals surface area (Å²) in [6, 6.07) is 0. The normalized spacial score (nSPS) is 25.1. The van der Waals surface area contributed by atoms with Crippen LogP contribution in [-0.4, -0.2) is 28.5 Å². The molecule has 0 fully saturated rings. The van der Waals surface area contributed by atoms with Crippen LogP contribution in [-0.2, 0) is 0 Å². The molecule has 0 saturated carbocycles. The Hall–Kier alpha value is -0.800. The second kappa shape index (κ2) is 11.7. The van der Waals surface area contributed by atoms with Crippen molar-refractivity contribution in [3.63, 3.8) is 0 Å². The molecule has 3 heteroatoms. The van der Waals surface area contributed by atoms with Gasteiger partial charge in [0.15, 0.2) is 12.4 Å². The molecule has 23 heavy (non-hydrogen) atoms. The Morgan fingerprint density at radius 1 is 1.04 bits per heavy atom. The van der Waals surface area contributed by atoms with E-state index in [9.17, 15) is 5.11 Å². The van der Waals surface area contributed by atoms with Crippen molar-refractivity contribution < 1.29 is 9.59 Å². The number of aliphatic hydroxyl groups is 1. The highest BCUT2D eigenvalue weighted by Crippen LogP contribution is 2.25. The minimum Gasteiger partial charge on any atom is -0.345 e. The highest BCUT2D eigenvalue weighted by Gasteiger charge is 2.40. The summed E-state index contributed by atoms with van der Waals surface area (Å²) in [6.45, 7) is 7.25. The van der Waals surface area contributed by atoms with Crippen molar-refractivity contribution in [3.8, 4) is 0 Å². The Labute approximate surface area is 144 Å². The van der Waals surface area contributed by atoms with Gasteiger partial charge >= 0.3 is 0 Å². The van der Waals surface area contributed by atoms with E-state index in [1.54, 1.807) is 0 Å². The number of allylic oxidation sites excluding steroid dienone is 2. The highest BCUT2D eigenvalue weighted by atomic mass is 16.3. The molecule has 0 aliphatic carbocycles. The van der Waals surface area contributed by atoms with Crippen molar-refractivity contribution in [3.05, 3.63) is 24.6 Å². The zero-order valence-corrected chi connectivity index (χ0v) is 15.6. The third-order valence-corrected chi connectivity index (χ3v) is 5.20. The molecule has 0 bridgehead atoms. The van der Waals surface area contributed by atoms with E-state index in [0.717, 1.165) is 13.0 Å². The van der Waals surface area contributed by atoms with Crippen molar-refractivity contribution in [2.75, 3.05) is 6.54 Å². The monoisotopic (exact) mass is 323 g/mol. The number of rotatable bonds is 13. The van der Waals surface area contributed by atoms with Crippen LogP contribution in [0.15, 0.2) is 24.6 Å². The summed E-state index contributed by atoms with van der Waals surface area (Å²) >= 11 is 0. The zero-order chi connectivity index (χ0) is 17.0. The number of nitrogens with one attached hydrogen (secondary N) is 1. The lowest BCUT2D eigenvalue weighted by molar-refractivity contribution is -0.942. The fourth-order valence-electron chi connectivity index (χ4n) is 3.54. The summed E-state index contributed by atoms with van der Waals surface area (Å²) < 4.78 is 0.667. The van der Waals surface area contributed by atoms with Crippen LogP contribution in [0.5, 0.6) is 0 Å². The van der Waals surface area contributed by atoms with E-state index >= 15 is 0 Å². The summed E-state index contributed by atoms with van der Waals surface area (Å²) in [5.41, 5.74) is 0. The maximum Gasteiger partial charge on any atom is 0.193 e. The Balaban J connectivity index is 2.07. The van der Waals surface area contributed by atoms with Crippen molar-refractivity contribution in [1.82, 2.24) is 5.32 Å². The van der Waals surface area contributed by atoms with E-state index in [-0.39, 0.29) is 6.23 Å². The first-order valence-corrected chi connectivity index (χ1v) is 9.81. The summed E-state index contributed by atoms with van der Waals surface area (Å²) in [5, 5.41) is 13.6. The number of nitrogens with zero attached hydrogens (tertiary/aromatic N) is 1. The third kappa shape index (κ3) is 6.68. The molecule has 1 rings (SSSR count). The van der Waals surface area contributed by atoms with Gasteiger partial charge in [-0.2, -0.15) is 0 Å². The number of aliphatic hydroxyl groups excluding tert-OH is 1. The molecule has 1 aliphatic heterocycles. The summed E-state index contributed by atoms with van der Waals surface area (Å²) in [4.78, 5) is 0. The topological polar surface area (TPSA) is 32.3 Å². The van der Waals surface area contributed by atoms with Crippen LogP contribution in [0.3, 0.4) is 0 Å². The molecule has 0 amide bonds. The first-order valence-electron chi connectivity index (χ1n) is 9.81. The first-order chi connectivity index (χ1) is 11.2. The van der Waals surface area contributed by atoms with E-state index in [4.69, 9.17) is 0 Å². The molecule has 0 radical (unpaired) electrons. The van der Waals surface area contributed by atoms with Crippen molar-refractivity contribution >= 4 is 0 Å². The second-order valence-electron chi connectivity index (χ2n) is 6.90. The van der Waals surface area contributed by atoms with Crippen LogP contribution in [0.1, 0.15) is 85.0 Å². The molecule has 3 atom stereocenters. The molecule has 0 saturated heterocycles. The quantitative estimate of drug-likeness (QED) is 0.283. The van der Waals surface area contributed by atoms with Gasteiger partial charge in [0.05, 0.1) is 12.7 Å². The van der Waals surface area contributed by atoms with Gasteiger partial charge in [0.2, 0.25) is 0 Å². The average molecular weight is 324 g/mol. The lowest BCUT2D eigenvalue weighted by Crippen LogP contribution is -2.57. The molecule has 1 aliphatic rings. The largest absolute Gasteiger partial charge is 0.345 e. The SMILES string of the molecule is CCCCC/C=C/CCCCCCC1NC=C[N+]1(CC)C(C)O. The molecule has 2 N–H and O–H groups in total. The van der Waals surface area contributed by atoms with E-state index in [0.29, 0.717) is 10.6 Å². The minimum atomic E-state index is -0.339. The fraction of sp³-hybridized carbons (Fsp3) is 0.800. The van der Waals surface area contributed by atoms with Gasteiger partial charge in [-0.3, -0.25) is 4.48 Å². The molecule has 3 nitrogen and oxygen atoms in total. The van der Waals surface area contributed by atoms with Crippen molar-refractivity contribution in [2.24, 2.45) is 0 Å². The van der Waals surface area contributed by atoms with Crippen LogP contribution in [0.2, 0.25) is 0 Å². The van der Waals surface area contributed by atoms with Gasteiger partial charge in [-0.1, -0.05) is 44.8 Å². The Bertz CT molecular complexity index is 352. The van der Waals surface area contributed by atoms with Gasteiger partial charge < -0.3 is 10.4 Å². The number of unbranched alkanes of at least 4 members (excludes halogenated alkanes) is 7. The average Bonchev–Trinajstić information content (AvgIpc) is 2.97.